The summed E-state index contributed by atoms with van der Waals surface area (Å²) in [5.74, 6) is -0.328. The average Bonchev–Trinajstić information content (AvgIpc) is 3.53. The van der Waals surface area contributed by atoms with Crippen LogP contribution in [0.2, 0.25) is 0 Å². The van der Waals surface area contributed by atoms with Crippen LogP contribution in [0, 0.1) is 29.6 Å². The van der Waals surface area contributed by atoms with Crippen molar-refractivity contribution in [1.82, 2.24) is 25.1 Å². The maximum Gasteiger partial charge on any atom is 0.303 e. The Balaban J connectivity index is 1.50. The Morgan fingerprint density at radius 1 is 1.12 bits per heavy atom. The van der Waals surface area contributed by atoms with E-state index in [9.17, 15) is 19.2 Å². The third-order valence-electron chi connectivity index (χ3n) is 9.91. The zero-order valence-electron chi connectivity index (χ0n) is 30.3. The zero-order chi connectivity index (χ0) is 35.8. The van der Waals surface area contributed by atoms with E-state index in [1.807, 2.05) is 31.2 Å². The first-order valence-electron chi connectivity index (χ1n) is 17.6. The third kappa shape index (κ3) is 11.1. The van der Waals surface area contributed by atoms with Gasteiger partial charge in [-0.1, -0.05) is 34.6 Å². The number of aromatic nitrogens is 2. The van der Waals surface area contributed by atoms with Crippen LogP contribution < -0.4 is 5.32 Å². The lowest BCUT2D eigenvalue weighted by molar-refractivity contribution is -0.150. The molecule has 1 saturated heterocycles. The van der Waals surface area contributed by atoms with E-state index in [1.54, 1.807) is 34.9 Å². The molecule has 0 spiro atoms. The predicted molar refractivity (Wildman–Crippen MR) is 191 cm³/mol. The van der Waals surface area contributed by atoms with E-state index < -0.39 is 18.0 Å². The van der Waals surface area contributed by atoms with Crippen molar-refractivity contribution in [3.05, 3.63) is 32.7 Å². The fourth-order valence-electron chi connectivity index (χ4n) is 6.87. The second kappa shape index (κ2) is 18.0. The van der Waals surface area contributed by atoms with E-state index in [0.717, 1.165) is 24.3 Å². The number of thiazole rings is 2. The average molecular weight is 718 g/mol. The van der Waals surface area contributed by atoms with Crippen molar-refractivity contribution < 1.29 is 28.7 Å². The summed E-state index contributed by atoms with van der Waals surface area (Å²) in [4.78, 5) is 66.4. The number of carbonyl (C=O) groups excluding carboxylic acids is 4. The molecule has 2 fully saturated rings. The van der Waals surface area contributed by atoms with Gasteiger partial charge in [0, 0.05) is 74.7 Å². The molecular formula is C36H55N5O6S2. The summed E-state index contributed by atoms with van der Waals surface area (Å²) in [7, 11) is 3.73. The number of amides is 2. The number of hydrogen-bond acceptors (Lipinski definition) is 11. The molecule has 0 unspecified atom stereocenters. The van der Waals surface area contributed by atoms with Crippen molar-refractivity contribution in [2.75, 3.05) is 33.9 Å². The summed E-state index contributed by atoms with van der Waals surface area (Å²) in [6.07, 6.45) is 5.08. The number of Topliss-reactive ketones (excluding diaryl/α,β-unsaturated/α-hetero) is 1. The van der Waals surface area contributed by atoms with Crippen molar-refractivity contribution in [2.24, 2.45) is 29.6 Å². The molecule has 11 nitrogen and oxygen atoms in total. The largest absolute Gasteiger partial charge is 0.455 e. The molecule has 272 valence electrons. The van der Waals surface area contributed by atoms with Gasteiger partial charge >= 0.3 is 5.97 Å². The standard InChI is InChI=1S/C36H55N5O6S2/c1-21(2)15-26(16-33-37-11-14-48-33)38-34(44)28-20-49-35(39-28)32(47-24(6)42)18-29(22(3)4)41(8)36(45)27(23(5)25-9-10-25)17-31(43)30-19-46-13-12-40(30)7/h11,14,20-23,25-27,29-30,32H,9-10,12-13,15-19H2,1-8H3,(H,38,44)/t23-,26+,27-,29+,30+,32+/m0/s1. The smallest absolute Gasteiger partial charge is 0.303 e. The van der Waals surface area contributed by atoms with Crippen molar-refractivity contribution in [1.29, 1.82) is 0 Å². The fourth-order valence-corrected chi connectivity index (χ4v) is 8.41. The molecule has 1 aliphatic heterocycles. The predicted octanol–water partition coefficient (Wildman–Crippen LogP) is 5.42. The Labute approximate surface area is 299 Å². The molecule has 1 aliphatic carbocycles. The van der Waals surface area contributed by atoms with Gasteiger partial charge in [0.25, 0.3) is 5.91 Å². The minimum absolute atomic E-state index is 0.0165. The molecule has 6 atom stereocenters. The van der Waals surface area contributed by atoms with Crippen molar-refractivity contribution in [3.8, 4) is 0 Å². The number of morpholine rings is 1. The first-order chi connectivity index (χ1) is 23.2. The van der Waals surface area contributed by atoms with Gasteiger partial charge in [-0.2, -0.15) is 0 Å². The number of carbonyl (C=O) groups is 4. The third-order valence-corrected chi connectivity index (χ3v) is 11.6. The van der Waals surface area contributed by atoms with Crippen LogP contribution in [0.1, 0.15) is 100 Å². The summed E-state index contributed by atoms with van der Waals surface area (Å²) in [5, 5.41) is 8.24. The van der Waals surface area contributed by atoms with Gasteiger partial charge in [0.05, 0.1) is 24.3 Å². The first kappa shape index (κ1) is 39.1. The van der Waals surface area contributed by atoms with Crippen LogP contribution in [0.5, 0.6) is 0 Å². The Hall–Kier alpha value is -2.74. The highest BCUT2D eigenvalue weighted by molar-refractivity contribution is 7.10. The Bertz CT molecular complexity index is 1390. The molecule has 2 aromatic heterocycles. The van der Waals surface area contributed by atoms with E-state index in [-0.39, 0.29) is 59.7 Å². The number of ketones is 1. The van der Waals surface area contributed by atoms with Crippen LogP contribution in [0.4, 0.5) is 0 Å². The Morgan fingerprint density at radius 3 is 2.45 bits per heavy atom. The van der Waals surface area contributed by atoms with Crippen LogP contribution in [0.15, 0.2) is 17.0 Å². The molecule has 2 aliphatic rings. The minimum atomic E-state index is -0.748. The molecule has 0 radical (unpaired) electrons. The number of nitrogens with one attached hydrogen (secondary N) is 1. The zero-order valence-corrected chi connectivity index (χ0v) is 32.0. The lowest BCUT2D eigenvalue weighted by Crippen LogP contribution is -2.50. The molecule has 1 saturated carbocycles. The van der Waals surface area contributed by atoms with Gasteiger partial charge in [0.2, 0.25) is 5.91 Å². The Morgan fingerprint density at radius 2 is 1.86 bits per heavy atom. The van der Waals surface area contributed by atoms with E-state index in [0.29, 0.717) is 49.4 Å². The maximum atomic E-state index is 14.3. The van der Waals surface area contributed by atoms with Gasteiger partial charge in [-0.3, -0.25) is 24.1 Å². The summed E-state index contributed by atoms with van der Waals surface area (Å²) in [6.45, 7) is 13.4. The molecule has 1 N–H and O–H groups in total. The minimum Gasteiger partial charge on any atom is -0.455 e. The number of likely N-dealkylation sites (N-methyl/N-ethyl adjacent to an activating group) is 1. The lowest BCUT2D eigenvalue weighted by atomic mass is 9.82. The number of ether oxygens (including phenoxy) is 2. The van der Waals surface area contributed by atoms with Gasteiger partial charge < -0.3 is 19.7 Å². The first-order valence-corrected chi connectivity index (χ1v) is 19.4. The molecule has 0 bridgehead atoms. The van der Waals surface area contributed by atoms with Gasteiger partial charge in [-0.15, -0.1) is 22.7 Å². The summed E-state index contributed by atoms with van der Waals surface area (Å²) >= 11 is 2.84. The monoisotopic (exact) mass is 717 g/mol. The van der Waals surface area contributed by atoms with E-state index in [4.69, 9.17) is 9.47 Å². The molecule has 13 heteroatoms. The van der Waals surface area contributed by atoms with Gasteiger partial charge in [-0.25, -0.2) is 9.97 Å². The van der Waals surface area contributed by atoms with Gasteiger partial charge in [-0.05, 0) is 50.0 Å². The Kier molecular flexibility index (Phi) is 14.3. The molecule has 0 aromatic carbocycles. The molecule has 2 amide bonds. The van der Waals surface area contributed by atoms with Crippen molar-refractivity contribution in [3.63, 3.8) is 0 Å². The highest BCUT2D eigenvalue weighted by Crippen LogP contribution is 2.42. The van der Waals surface area contributed by atoms with Crippen LogP contribution >= 0.6 is 22.7 Å². The molecule has 2 aromatic rings. The summed E-state index contributed by atoms with van der Waals surface area (Å²) in [5.41, 5.74) is 0.268. The lowest BCUT2D eigenvalue weighted by Gasteiger charge is -2.38. The second-order valence-corrected chi connectivity index (χ2v) is 16.5. The van der Waals surface area contributed by atoms with Crippen LogP contribution in [0.25, 0.3) is 0 Å². The van der Waals surface area contributed by atoms with Crippen LogP contribution in [0.3, 0.4) is 0 Å². The summed E-state index contributed by atoms with van der Waals surface area (Å²) < 4.78 is 11.4. The number of esters is 1. The topological polar surface area (TPSA) is 131 Å². The molecule has 49 heavy (non-hydrogen) atoms. The van der Waals surface area contributed by atoms with Crippen molar-refractivity contribution >= 4 is 46.2 Å². The number of nitrogens with zero attached hydrogens (tertiary/aromatic N) is 4. The van der Waals surface area contributed by atoms with E-state index in [2.05, 4.69) is 36.1 Å². The highest BCUT2D eigenvalue weighted by Gasteiger charge is 2.42. The van der Waals surface area contributed by atoms with Crippen LogP contribution in [-0.2, 0) is 30.3 Å². The SMILES string of the molecule is CC(=O)O[C@H](C[C@H](C(C)C)N(C)C(=O)[C@@H](CC(=O)[C@H]1COCCN1C)[C@@H](C)C1CC1)c1nc(C(=O)N[C@@H](Cc2nccs2)CC(C)C)cs1. The molecule has 4 rings (SSSR count). The maximum absolute atomic E-state index is 14.3. The van der Waals surface area contributed by atoms with Crippen molar-refractivity contribution in [2.45, 2.75) is 104 Å². The quantitative estimate of drug-likeness (QED) is 0.201. The number of hydrogen-bond donors (Lipinski definition) is 1. The van der Waals surface area contributed by atoms with E-state index in [1.165, 1.54) is 18.3 Å². The molecular weight excluding hydrogens is 663 g/mol. The highest BCUT2D eigenvalue weighted by atomic mass is 32.1. The molecule has 3 heterocycles. The number of rotatable bonds is 18. The van der Waals surface area contributed by atoms with Gasteiger partial charge in [0.1, 0.15) is 10.7 Å². The van der Waals surface area contributed by atoms with E-state index >= 15 is 0 Å². The van der Waals surface area contributed by atoms with Crippen LogP contribution in [-0.4, -0.2) is 95.3 Å². The second-order valence-electron chi connectivity index (χ2n) is 14.6. The summed E-state index contributed by atoms with van der Waals surface area (Å²) in [6, 6.07) is -0.752. The fraction of sp³-hybridized carbons (Fsp3) is 0.722. The normalized spacial score (nSPS) is 20.0. The van der Waals surface area contributed by atoms with Gasteiger partial charge in [0.15, 0.2) is 11.9 Å².